The maximum absolute atomic E-state index is 13.0. The van der Waals surface area contributed by atoms with Gasteiger partial charge in [0.1, 0.15) is 5.52 Å². The molecule has 0 saturated carbocycles. The van der Waals surface area contributed by atoms with E-state index in [9.17, 15) is 18.0 Å². The van der Waals surface area contributed by atoms with Crippen molar-refractivity contribution in [3.05, 3.63) is 46.9 Å². The van der Waals surface area contributed by atoms with Gasteiger partial charge in [-0.15, -0.1) is 0 Å². The Bertz CT molecular complexity index is 1390. The number of halogens is 3. The number of amides is 1. The molecule has 2 saturated heterocycles. The number of fused-ring (bicyclic) bond motifs is 1. The molecule has 8 nitrogen and oxygen atoms in total. The van der Waals surface area contributed by atoms with Gasteiger partial charge in [0.2, 0.25) is 11.9 Å². The van der Waals surface area contributed by atoms with Gasteiger partial charge in [-0.25, -0.2) is 9.97 Å². The summed E-state index contributed by atoms with van der Waals surface area (Å²) in [4.78, 5) is 32.4. The van der Waals surface area contributed by atoms with Crippen LogP contribution in [0.5, 0.6) is 0 Å². The van der Waals surface area contributed by atoms with Gasteiger partial charge >= 0.3 is 6.18 Å². The van der Waals surface area contributed by atoms with Crippen LogP contribution in [0.2, 0.25) is 0 Å². The van der Waals surface area contributed by atoms with Crippen molar-refractivity contribution in [2.75, 3.05) is 50.7 Å². The lowest BCUT2D eigenvalue weighted by molar-refractivity contribution is -0.171. The van der Waals surface area contributed by atoms with Crippen LogP contribution in [0.15, 0.2) is 24.5 Å². The van der Waals surface area contributed by atoms with Gasteiger partial charge in [0.25, 0.3) is 0 Å². The molecule has 1 unspecified atom stereocenters. The summed E-state index contributed by atoms with van der Waals surface area (Å²) in [5, 5.41) is 0. The van der Waals surface area contributed by atoms with E-state index in [0.29, 0.717) is 44.2 Å². The number of hydrogen-bond donors (Lipinski definition) is 0. The molecule has 1 aromatic carbocycles. The summed E-state index contributed by atoms with van der Waals surface area (Å²) in [5.41, 5.74) is 6.22. The molecule has 0 spiro atoms. The SMILES string of the molecule is Cc1ccc(C(C)(C)C)cc1Cc1nc(N2CCN(CC(=O)N3CCC(C(F)(F)F)C3)CC2)nc2ncn(C)c12. The monoisotopic (exact) mass is 557 g/mol. The summed E-state index contributed by atoms with van der Waals surface area (Å²) in [6, 6.07) is 6.63. The zero-order chi connectivity index (χ0) is 28.8. The number of imidazole rings is 1. The number of benzene rings is 1. The number of nitrogens with zero attached hydrogens (tertiary/aromatic N) is 7. The smallest absolute Gasteiger partial charge is 0.341 e. The molecule has 2 aliphatic rings. The fourth-order valence-electron chi connectivity index (χ4n) is 5.55. The average molecular weight is 558 g/mol. The summed E-state index contributed by atoms with van der Waals surface area (Å²) >= 11 is 0. The fourth-order valence-corrected chi connectivity index (χ4v) is 5.55. The summed E-state index contributed by atoms with van der Waals surface area (Å²) in [6.07, 6.45) is -1.85. The van der Waals surface area contributed by atoms with Crippen molar-refractivity contribution in [3.63, 3.8) is 0 Å². The molecule has 11 heteroatoms. The molecule has 0 aliphatic carbocycles. The van der Waals surface area contributed by atoms with E-state index in [2.05, 4.69) is 55.8 Å². The highest BCUT2D eigenvalue weighted by Gasteiger charge is 2.44. The number of aromatic nitrogens is 4. The van der Waals surface area contributed by atoms with E-state index in [1.807, 2.05) is 16.5 Å². The predicted octanol–water partition coefficient (Wildman–Crippen LogP) is 4.09. The second-order valence-corrected chi connectivity index (χ2v) is 12.2. The van der Waals surface area contributed by atoms with Crippen LogP contribution in [0, 0.1) is 12.8 Å². The van der Waals surface area contributed by atoms with Crippen LogP contribution in [-0.4, -0.2) is 87.2 Å². The minimum atomic E-state index is -4.25. The Morgan fingerprint density at radius 1 is 1.05 bits per heavy atom. The minimum Gasteiger partial charge on any atom is -0.341 e. The van der Waals surface area contributed by atoms with Crippen LogP contribution in [0.4, 0.5) is 19.1 Å². The average Bonchev–Trinajstić information content (AvgIpc) is 3.53. The molecule has 0 N–H and O–H groups in total. The van der Waals surface area contributed by atoms with Crippen molar-refractivity contribution in [1.82, 2.24) is 29.3 Å². The molecule has 216 valence electrons. The van der Waals surface area contributed by atoms with E-state index < -0.39 is 12.1 Å². The van der Waals surface area contributed by atoms with Crippen molar-refractivity contribution in [2.24, 2.45) is 13.0 Å². The fraction of sp³-hybridized carbons (Fsp3) is 0.586. The number of likely N-dealkylation sites (tertiary alicyclic amines) is 1. The Hall–Kier alpha value is -3.21. The first kappa shape index (κ1) is 28.3. The van der Waals surface area contributed by atoms with Crippen LogP contribution < -0.4 is 4.90 Å². The lowest BCUT2D eigenvalue weighted by atomic mass is 9.84. The molecule has 40 heavy (non-hydrogen) atoms. The highest BCUT2D eigenvalue weighted by atomic mass is 19.4. The molecule has 0 bridgehead atoms. The maximum atomic E-state index is 13.0. The first-order valence-corrected chi connectivity index (χ1v) is 13.9. The largest absolute Gasteiger partial charge is 0.393 e. The maximum Gasteiger partial charge on any atom is 0.393 e. The van der Waals surface area contributed by atoms with E-state index in [1.54, 1.807) is 6.33 Å². The summed E-state index contributed by atoms with van der Waals surface area (Å²) < 4.78 is 41.0. The molecule has 2 aliphatic heterocycles. The van der Waals surface area contributed by atoms with Crippen LogP contribution >= 0.6 is 0 Å². The minimum absolute atomic E-state index is 0.0152. The third-order valence-corrected chi connectivity index (χ3v) is 8.22. The molecular formula is C29H38F3N7O. The third-order valence-electron chi connectivity index (χ3n) is 8.22. The Kier molecular flexibility index (Phi) is 7.54. The van der Waals surface area contributed by atoms with E-state index in [4.69, 9.17) is 9.97 Å². The number of rotatable bonds is 5. The van der Waals surface area contributed by atoms with Crippen molar-refractivity contribution in [3.8, 4) is 0 Å². The Balaban J connectivity index is 1.29. The van der Waals surface area contributed by atoms with Crippen LogP contribution in [-0.2, 0) is 23.7 Å². The van der Waals surface area contributed by atoms with Gasteiger partial charge in [-0.1, -0.05) is 39.0 Å². The van der Waals surface area contributed by atoms with E-state index in [1.165, 1.54) is 21.6 Å². The van der Waals surface area contributed by atoms with Crippen molar-refractivity contribution >= 4 is 23.0 Å². The van der Waals surface area contributed by atoms with Crippen LogP contribution in [0.3, 0.4) is 0 Å². The highest BCUT2D eigenvalue weighted by molar-refractivity contribution is 5.78. The van der Waals surface area contributed by atoms with Gasteiger partial charge in [-0.3, -0.25) is 9.69 Å². The van der Waals surface area contributed by atoms with E-state index in [-0.39, 0.29) is 37.4 Å². The summed E-state index contributed by atoms with van der Waals surface area (Å²) in [6.45, 7) is 11.3. The van der Waals surface area contributed by atoms with Crippen molar-refractivity contribution < 1.29 is 18.0 Å². The van der Waals surface area contributed by atoms with Crippen LogP contribution in [0.1, 0.15) is 49.6 Å². The number of hydrogen-bond acceptors (Lipinski definition) is 6. The van der Waals surface area contributed by atoms with E-state index >= 15 is 0 Å². The molecule has 1 atom stereocenters. The Morgan fingerprint density at radius 2 is 1.77 bits per heavy atom. The number of carbonyl (C=O) groups excluding carboxylic acids is 1. The number of alkyl halides is 3. The molecular weight excluding hydrogens is 519 g/mol. The van der Waals surface area contributed by atoms with Gasteiger partial charge in [0.15, 0.2) is 5.65 Å². The van der Waals surface area contributed by atoms with Gasteiger partial charge in [-0.05, 0) is 35.4 Å². The van der Waals surface area contributed by atoms with Gasteiger partial charge in [0, 0.05) is 52.7 Å². The second kappa shape index (κ2) is 10.6. The highest BCUT2D eigenvalue weighted by Crippen LogP contribution is 2.33. The topological polar surface area (TPSA) is 70.4 Å². The third kappa shape index (κ3) is 5.94. The zero-order valence-corrected chi connectivity index (χ0v) is 23.9. The van der Waals surface area contributed by atoms with Gasteiger partial charge < -0.3 is 14.4 Å². The summed E-state index contributed by atoms with van der Waals surface area (Å²) in [5.74, 6) is -1.04. The molecule has 2 aromatic heterocycles. The number of aryl methyl sites for hydroxylation is 2. The van der Waals surface area contributed by atoms with Gasteiger partial charge in [0.05, 0.1) is 24.5 Å². The predicted molar refractivity (Wildman–Crippen MR) is 148 cm³/mol. The number of carbonyl (C=O) groups is 1. The van der Waals surface area contributed by atoms with Crippen molar-refractivity contribution in [1.29, 1.82) is 0 Å². The lowest BCUT2D eigenvalue weighted by Gasteiger charge is -2.35. The van der Waals surface area contributed by atoms with Crippen molar-refractivity contribution in [2.45, 2.75) is 52.1 Å². The quantitative estimate of drug-likeness (QED) is 0.471. The Labute approximate surface area is 233 Å². The molecule has 5 rings (SSSR count). The van der Waals surface area contributed by atoms with E-state index in [0.717, 1.165) is 11.2 Å². The normalized spacial score (nSPS) is 19.1. The molecule has 3 aromatic rings. The van der Waals surface area contributed by atoms with Crippen LogP contribution in [0.25, 0.3) is 11.2 Å². The molecule has 2 fully saturated rings. The molecule has 1 amide bonds. The zero-order valence-electron chi connectivity index (χ0n) is 23.9. The summed E-state index contributed by atoms with van der Waals surface area (Å²) in [7, 11) is 1.95. The number of piperazine rings is 1. The molecule has 4 heterocycles. The first-order valence-electron chi connectivity index (χ1n) is 13.9. The Morgan fingerprint density at radius 3 is 2.42 bits per heavy atom. The standard InChI is InChI=1S/C29H38F3N7O/c1-19-6-7-21(28(2,3)4)14-20(19)15-23-25-26(33-18-36(25)5)35-27(34-23)38-12-10-37(11-13-38)17-24(40)39-9-8-22(16-39)29(30,31)32/h6-7,14,18,22H,8-13,15-17H2,1-5H3. The lowest BCUT2D eigenvalue weighted by Crippen LogP contribution is -2.50. The van der Waals surface area contributed by atoms with Gasteiger partial charge in [-0.2, -0.15) is 18.2 Å². The first-order chi connectivity index (χ1) is 18.8. The number of anilines is 1. The molecule has 0 radical (unpaired) electrons. The second-order valence-electron chi connectivity index (χ2n) is 12.2.